The van der Waals surface area contributed by atoms with Crippen molar-refractivity contribution in [2.75, 3.05) is 11.4 Å². The van der Waals surface area contributed by atoms with E-state index in [4.69, 9.17) is 6.42 Å². The minimum absolute atomic E-state index is 0.0245. The van der Waals surface area contributed by atoms with Crippen molar-refractivity contribution >= 4 is 17.3 Å². The number of nitrogens with zero attached hydrogens (tertiary/aromatic N) is 2. The van der Waals surface area contributed by atoms with E-state index in [0.29, 0.717) is 17.8 Å². The van der Waals surface area contributed by atoms with Crippen LogP contribution in [-0.4, -0.2) is 17.4 Å². The van der Waals surface area contributed by atoms with Crippen LogP contribution in [0.25, 0.3) is 0 Å². The van der Waals surface area contributed by atoms with Gasteiger partial charge in [-0.2, -0.15) is 0 Å². The second-order valence-corrected chi connectivity index (χ2v) is 4.27. The van der Waals surface area contributed by atoms with E-state index in [1.807, 2.05) is 0 Å². The highest BCUT2D eigenvalue weighted by molar-refractivity contribution is 5.98. The van der Waals surface area contributed by atoms with Crippen LogP contribution in [0, 0.1) is 35.3 Å². The lowest BCUT2D eigenvalue weighted by atomic mass is 10.1. The van der Waals surface area contributed by atoms with Gasteiger partial charge >= 0.3 is 0 Å². The third kappa shape index (κ3) is 1.93. The summed E-state index contributed by atoms with van der Waals surface area (Å²) in [5.41, 5.74) is 0.848. The van der Waals surface area contributed by atoms with Gasteiger partial charge in [0.1, 0.15) is 5.69 Å². The summed E-state index contributed by atoms with van der Waals surface area (Å²) in [6, 6.07) is 4.94. The van der Waals surface area contributed by atoms with E-state index in [0.717, 1.165) is 0 Å². The zero-order chi connectivity index (χ0) is 13.3. The van der Waals surface area contributed by atoms with Crippen LogP contribution in [0.15, 0.2) is 18.2 Å². The largest absolute Gasteiger partial charge is 0.305 e. The van der Waals surface area contributed by atoms with Gasteiger partial charge < -0.3 is 4.90 Å². The van der Waals surface area contributed by atoms with Gasteiger partial charge in [0.25, 0.3) is 5.69 Å². The Morgan fingerprint density at radius 1 is 1.56 bits per heavy atom. The molecular weight excluding hydrogens is 232 g/mol. The Kier molecular flexibility index (Phi) is 3.02. The van der Waals surface area contributed by atoms with Crippen molar-refractivity contribution in [1.82, 2.24) is 0 Å². The Morgan fingerprint density at radius 3 is 2.83 bits per heavy atom. The third-order valence-electron chi connectivity index (χ3n) is 3.05. The quantitative estimate of drug-likeness (QED) is 0.453. The van der Waals surface area contributed by atoms with Gasteiger partial charge in [0.05, 0.1) is 4.92 Å². The summed E-state index contributed by atoms with van der Waals surface area (Å²) in [6.07, 6.45) is 5.55. The van der Waals surface area contributed by atoms with Gasteiger partial charge in [0, 0.05) is 24.4 Å². The first-order chi connectivity index (χ1) is 8.54. The second kappa shape index (κ2) is 4.49. The Hall–Kier alpha value is -2.35. The molecule has 1 unspecified atom stereocenters. The summed E-state index contributed by atoms with van der Waals surface area (Å²) in [5, 5.41) is 11.1. The van der Waals surface area contributed by atoms with Crippen LogP contribution in [0.5, 0.6) is 0 Å². The number of nitro groups is 1. The molecule has 18 heavy (non-hydrogen) atoms. The molecule has 1 aliphatic heterocycles. The lowest BCUT2D eigenvalue weighted by Crippen LogP contribution is -2.25. The number of para-hydroxylation sites is 1. The molecule has 1 aromatic carbocycles. The highest BCUT2D eigenvalue weighted by atomic mass is 16.6. The van der Waals surface area contributed by atoms with E-state index in [1.54, 1.807) is 25.1 Å². The Bertz CT molecular complexity index is 560. The van der Waals surface area contributed by atoms with Crippen molar-refractivity contribution in [2.45, 2.75) is 13.3 Å². The fourth-order valence-electron chi connectivity index (χ4n) is 2.15. The molecule has 2 rings (SSSR count). The van der Waals surface area contributed by atoms with Gasteiger partial charge in [-0.1, -0.05) is 12.1 Å². The van der Waals surface area contributed by atoms with Gasteiger partial charge in [-0.05, 0) is 13.0 Å². The molecule has 5 nitrogen and oxygen atoms in total. The molecular formula is C13H12N2O3. The predicted molar refractivity (Wildman–Crippen MR) is 67.1 cm³/mol. The monoisotopic (exact) mass is 244 g/mol. The fourth-order valence-corrected chi connectivity index (χ4v) is 2.15. The number of anilines is 1. The minimum Gasteiger partial charge on any atom is -0.305 e. The highest BCUT2D eigenvalue weighted by Crippen LogP contribution is 2.34. The van der Waals surface area contributed by atoms with Crippen LogP contribution in [0.1, 0.15) is 12.0 Å². The van der Waals surface area contributed by atoms with Crippen molar-refractivity contribution < 1.29 is 9.72 Å². The first-order valence-corrected chi connectivity index (χ1v) is 5.55. The molecule has 0 aromatic heterocycles. The number of rotatable bonds is 2. The van der Waals surface area contributed by atoms with Crippen molar-refractivity contribution in [1.29, 1.82) is 0 Å². The molecule has 0 saturated carbocycles. The maximum atomic E-state index is 11.8. The molecule has 1 atom stereocenters. The van der Waals surface area contributed by atoms with E-state index in [1.165, 1.54) is 4.90 Å². The molecule has 1 aromatic rings. The molecule has 1 heterocycles. The summed E-state index contributed by atoms with van der Waals surface area (Å²) in [7, 11) is 0. The van der Waals surface area contributed by atoms with Gasteiger partial charge in [0.2, 0.25) is 5.91 Å². The second-order valence-electron chi connectivity index (χ2n) is 4.27. The van der Waals surface area contributed by atoms with E-state index < -0.39 is 4.92 Å². The zero-order valence-electron chi connectivity index (χ0n) is 9.92. The van der Waals surface area contributed by atoms with Crippen LogP contribution in [0.2, 0.25) is 0 Å². The summed E-state index contributed by atoms with van der Waals surface area (Å²) >= 11 is 0. The molecule has 1 saturated heterocycles. The Balaban J connectivity index is 2.47. The molecule has 0 N–H and O–H groups in total. The summed E-state index contributed by atoms with van der Waals surface area (Å²) in [6.45, 7) is 2.00. The topological polar surface area (TPSA) is 63.5 Å². The number of terminal acetylenes is 1. The SMILES string of the molecule is C#CC1CC(=O)N(c2cccc(C)c2[N+](=O)[O-])C1. The molecule has 1 fully saturated rings. The maximum Gasteiger partial charge on any atom is 0.295 e. The normalized spacial score (nSPS) is 18.8. The van der Waals surface area contributed by atoms with Crippen LogP contribution in [0.4, 0.5) is 11.4 Å². The number of hydrogen-bond donors (Lipinski definition) is 0. The smallest absolute Gasteiger partial charge is 0.295 e. The molecule has 0 spiro atoms. The maximum absolute atomic E-state index is 11.8. The van der Waals surface area contributed by atoms with E-state index in [9.17, 15) is 14.9 Å². The fraction of sp³-hybridized carbons (Fsp3) is 0.308. The molecule has 0 bridgehead atoms. The average molecular weight is 244 g/mol. The third-order valence-corrected chi connectivity index (χ3v) is 3.05. The lowest BCUT2D eigenvalue weighted by molar-refractivity contribution is -0.384. The van der Waals surface area contributed by atoms with Gasteiger partial charge in [-0.15, -0.1) is 12.3 Å². The molecule has 92 valence electrons. The van der Waals surface area contributed by atoms with Crippen LogP contribution in [-0.2, 0) is 4.79 Å². The molecule has 0 aliphatic carbocycles. The summed E-state index contributed by atoms with van der Waals surface area (Å²) in [5.74, 6) is 2.20. The molecule has 1 aliphatic rings. The predicted octanol–water partition coefficient (Wildman–Crippen LogP) is 1.89. The number of benzene rings is 1. The Labute approximate surface area is 105 Å². The highest BCUT2D eigenvalue weighted by Gasteiger charge is 2.33. The molecule has 0 radical (unpaired) electrons. The number of amides is 1. The number of carbonyl (C=O) groups is 1. The molecule has 1 amide bonds. The number of hydrogen-bond acceptors (Lipinski definition) is 3. The van der Waals surface area contributed by atoms with Crippen molar-refractivity contribution in [3.8, 4) is 12.3 Å². The van der Waals surface area contributed by atoms with Crippen LogP contribution < -0.4 is 4.90 Å². The van der Waals surface area contributed by atoms with Gasteiger partial charge in [-0.3, -0.25) is 14.9 Å². The van der Waals surface area contributed by atoms with Crippen LogP contribution in [0.3, 0.4) is 0 Å². The van der Waals surface area contributed by atoms with E-state index in [-0.39, 0.29) is 23.9 Å². The summed E-state index contributed by atoms with van der Waals surface area (Å²) < 4.78 is 0. The van der Waals surface area contributed by atoms with Crippen molar-refractivity contribution in [3.63, 3.8) is 0 Å². The van der Waals surface area contributed by atoms with Crippen molar-refractivity contribution in [2.24, 2.45) is 5.92 Å². The van der Waals surface area contributed by atoms with Gasteiger partial charge in [-0.25, -0.2) is 0 Å². The first kappa shape index (κ1) is 12.1. The summed E-state index contributed by atoms with van der Waals surface area (Å²) in [4.78, 5) is 23.9. The minimum atomic E-state index is -0.457. The van der Waals surface area contributed by atoms with Crippen molar-refractivity contribution in [3.05, 3.63) is 33.9 Å². The molecule has 5 heteroatoms. The van der Waals surface area contributed by atoms with E-state index >= 15 is 0 Å². The number of aryl methyl sites for hydroxylation is 1. The standard InChI is InChI=1S/C13H12N2O3/c1-3-10-7-12(16)14(8-10)11-6-4-5-9(2)13(11)15(17)18/h1,4-6,10H,7-8H2,2H3. The van der Waals surface area contributed by atoms with Gasteiger partial charge in [0.15, 0.2) is 0 Å². The number of carbonyl (C=O) groups excluding carboxylic acids is 1. The first-order valence-electron chi connectivity index (χ1n) is 5.55. The lowest BCUT2D eigenvalue weighted by Gasteiger charge is -2.16. The van der Waals surface area contributed by atoms with E-state index in [2.05, 4.69) is 5.92 Å². The average Bonchev–Trinajstić information content (AvgIpc) is 2.69. The number of nitro benzene ring substituents is 1. The zero-order valence-corrected chi connectivity index (χ0v) is 9.92. The van der Waals surface area contributed by atoms with Crippen LogP contribution >= 0.6 is 0 Å². The Morgan fingerprint density at radius 2 is 2.28 bits per heavy atom.